The van der Waals surface area contributed by atoms with Gasteiger partial charge in [0, 0.05) is 25.7 Å². The molecule has 0 aromatic heterocycles. The van der Waals surface area contributed by atoms with Crippen molar-refractivity contribution in [1.29, 1.82) is 0 Å². The Morgan fingerprint density at radius 2 is 2.00 bits per heavy atom. The molecule has 1 saturated carbocycles. The fraction of sp³-hybridized carbons (Fsp3) is 0.947. The van der Waals surface area contributed by atoms with Gasteiger partial charge in [0.15, 0.2) is 0 Å². The fourth-order valence-corrected chi connectivity index (χ4v) is 4.57. The molecule has 2 rings (SSSR count). The maximum atomic E-state index is 13.7. The zero-order chi connectivity index (χ0) is 20.2. The normalized spacial score (nSPS) is 26.7. The first-order valence-electron chi connectivity index (χ1n) is 10.0. The zero-order valence-electron chi connectivity index (χ0n) is 17.1. The minimum atomic E-state index is -4.24. The van der Waals surface area contributed by atoms with Crippen molar-refractivity contribution in [1.82, 2.24) is 20.0 Å². The molecule has 0 bridgehead atoms. The molecule has 0 aromatic rings. The number of amides is 2. The van der Waals surface area contributed by atoms with E-state index in [4.69, 9.17) is 0 Å². The first-order chi connectivity index (χ1) is 12.6. The van der Waals surface area contributed by atoms with Crippen molar-refractivity contribution in [2.24, 2.45) is 11.3 Å². The molecule has 2 fully saturated rings. The summed E-state index contributed by atoms with van der Waals surface area (Å²) in [7, 11) is 6.09. The number of carbonyl (C=O) groups excluding carboxylic acids is 1. The maximum Gasteiger partial charge on any atom is 0.396 e. The van der Waals surface area contributed by atoms with Crippen molar-refractivity contribution in [3.05, 3.63) is 0 Å². The van der Waals surface area contributed by atoms with Crippen LogP contribution < -0.4 is 5.32 Å². The van der Waals surface area contributed by atoms with Crippen LogP contribution in [0.3, 0.4) is 0 Å². The van der Waals surface area contributed by atoms with Crippen LogP contribution in [0, 0.1) is 11.3 Å². The van der Waals surface area contributed by atoms with Crippen LogP contribution in [0.25, 0.3) is 0 Å². The number of nitrogens with one attached hydrogen (secondary N) is 1. The zero-order valence-corrected chi connectivity index (χ0v) is 17.1. The van der Waals surface area contributed by atoms with Crippen LogP contribution in [-0.4, -0.2) is 86.8 Å². The largest absolute Gasteiger partial charge is 0.396 e. The van der Waals surface area contributed by atoms with Crippen molar-refractivity contribution in [3.63, 3.8) is 0 Å². The van der Waals surface area contributed by atoms with E-state index in [2.05, 4.69) is 15.1 Å². The van der Waals surface area contributed by atoms with Gasteiger partial charge in [-0.15, -0.1) is 0 Å². The number of hydrogen-bond donors (Lipinski definition) is 1. The van der Waals surface area contributed by atoms with Gasteiger partial charge in [0.05, 0.1) is 5.41 Å². The molecule has 1 aliphatic heterocycles. The second-order valence-electron chi connectivity index (χ2n) is 8.60. The highest BCUT2D eigenvalue weighted by Crippen LogP contribution is 2.57. The molecule has 1 heterocycles. The van der Waals surface area contributed by atoms with E-state index in [9.17, 15) is 18.0 Å². The predicted octanol–water partition coefficient (Wildman–Crippen LogP) is 3.02. The van der Waals surface area contributed by atoms with Crippen molar-refractivity contribution >= 4 is 6.03 Å². The Morgan fingerprint density at radius 1 is 1.30 bits per heavy atom. The average molecular weight is 393 g/mol. The number of rotatable bonds is 8. The van der Waals surface area contributed by atoms with Crippen molar-refractivity contribution in [2.75, 3.05) is 53.9 Å². The third kappa shape index (κ3) is 5.28. The van der Waals surface area contributed by atoms with E-state index >= 15 is 0 Å². The molecular formula is C19H35F3N4O. The number of likely N-dealkylation sites (N-methyl/N-ethyl adjacent to an activating group) is 1. The highest BCUT2D eigenvalue weighted by Gasteiger charge is 2.65. The Morgan fingerprint density at radius 3 is 2.56 bits per heavy atom. The lowest BCUT2D eigenvalue weighted by atomic mass is 9.80. The fourth-order valence-electron chi connectivity index (χ4n) is 4.57. The summed E-state index contributed by atoms with van der Waals surface area (Å²) < 4.78 is 41.0. The number of urea groups is 1. The molecule has 1 N–H and O–H groups in total. The van der Waals surface area contributed by atoms with E-state index in [0.717, 1.165) is 25.9 Å². The van der Waals surface area contributed by atoms with Crippen LogP contribution in [-0.2, 0) is 0 Å². The Labute approximate surface area is 161 Å². The molecule has 5 nitrogen and oxygen atoms in total. The molecule has 0 aromatic carbocycles. The standard InChI is InChI=1S/C19H35F3N4O/c1-5-16(13-25(4)11-7-10-24(2)3)23-17(27)26-12-15-8-6-9-18(15,14-26)19(20,21)22/h15-16H,5-14H2,1-4H3,(H,23,27)/t15-,16?,18-/m0/s1. The van der Waals surface area contributed by atoms with Crippen molar-refractivity contribution in [3.8, 4) is 0 Å². The van der Waals surface area contributed by atoms with Crippen LogP contribution >= 0.6 is 0 Å². The topological polar surface area (TPSA) is 38.8 Å². The Bertz CT molecular complexity index is 500. The molecule has 27 heavy (non-hydrogen) atoms. The van der Waals surface area contributed by atoms with Crippen LogP contribution in [0.15, 0.2) is 0 Å². The minimum absolute atomic E-state index is 0.0517. The van der Waals surface area contributed by atoms with Gasteiger partial charge in [-0.05, 0) is 65.8 Å². The van der Waals surface area contributed by atoms with Gasteiger partial charge >= 0.3 is 12.2 Å². The predicted molar refractivity (Wildman–Crippen MR) is 101 cm³/mol. The molecule has 1 aliphatic carbocycles. The first kappa shape index (κ1) is 22.3. The van der Waals surface area contributed by atoms with Gasteiger partial charge in [-0.25, -0.2) is 4.79 Å². The Hall–Kier alpha value is -1.02. The van der Waals surface area contributed by atoms with E-state index in [1.165, 1.54) is 4.90 Å². The number of halogens is 3. The molecule has 1 unspecified atom stereocenters. The van der Waals surface area contributed by atoms with Gasteiger partial charge in [0.1, 0.15) is 0 Å². The maximum absolute atomic E-state index is 13.7. The summed E-state index contributed by atoms with van der Waals surface area (Å²) in [6, 6.07) is -0.398. The van der Waals surface area contributed by atoms with Gasteiger partial charge in [-0.2, -0.15) is 13.2 Å². The summed E-state index contributed by atoms with van der Waals surface area (Å²) in [6.45, 7) is 4.66. The first-order valence-corrected chi connectivity index (χ1v) is 10.0. The van der Waals surface area contributed by atoms with Crippen LogP contribution in [0.4, 0.5) is 18.0 Å². The van der Waals surface area contributed by atoms with Crippen LogP contribution in [0.1, 0.15) is 39.0 Å². The summed E-state index contributed by atoms with van der Waals surface area (Å²) >= 11 is 0. The second kappa shape index (κ2) is 8.99. The Balaban J connectivity index is 1.86. The monoisotopic (exact) mass is 392 g/mol. The smallest absolute Gasteiger partial charge is 0.334 e. The highest BCUT2D eigenvalue weighted by atomic mass is 19.4. The number of carbonyl (C=O) groups is 1. The molecule has 1 saturated heterocycles. The van der Waals surface area contributed by atoms with Gasteiger partial charge in [-0.1, -0.05) is 13.3 Å². The summed E-state index contributed by atoms with van der Waals surface area (Å²) in [4.78, 5) is 18.3. The third-order valence-corrected chi connectivity index (χ3v) is 6.22. The van der Waals surface area contributed by atoms with E-state index in [1.54, 1.807) is 0 Å². The molecule has 3 atom stereocenters. The van der Waals surface area contributed by atoms with Crippen molar-refractivity contribution in [2.45, 2.75) is 51.2 Å². The lowest BCUT2D eigenvalue weighted by Gasteiger charge is -2.31. The van der Waals surface area contributed by atoms with Crippen LogP contribution in [0.5, 0.6) is 0 Å². The Kier molecular flexibility index (Phi) is 7.41. The molecule has 158 valence electrons. The molecule has 2 amide bonds. The number of likely N-dealkylation sites (tertiary alicyclic amines) is 1. The van der Waals surface area contributed by atoms with Gasteiger partial charge in [-0.3, -0.25) is 0 Å². The van der Waals surface area contributed by atoms with E-state index in [-0.39, 0.29) is 31.6 Å². The third-order valence-electron chi connectivity index (χ3n) is 6.22. The van der Waals surface area contributed by atoms with Gasteiger partial charge < -0.3 is 20.0 Å². The lowest BCUT2D eigenvalue weighted by Crippen LogP contribution is -2.49. The summed E-state index contributed by atoms with van der Waals surface area (Å²) in [6.07, 6.45) is -1.12. The molecule has 0 radical (unpaired) electrons. The van der Waals surface area contributed by atoms with E-state index in [1.807, 2.05) is 28.1 Å². The lowest BCUT2D eigenvalue weighted by molar-refractivity contribution is -0.226. The summed E-state index contributed by atoms with van der Waals surface area (Å²) in [5, 5.41) is 2.96. The molecule has 0 spiro atoms. The molecule has 2 aliphatic rings. The number of fused-ring (bicyclic) bond motifs is 1. The second-order valence-corrected chi connectivity index (χ2v) is 8.60. The number of hydrogen-bond acceptors (Lipinski definition) is 3. The van der Waals surface area contributed by atoms with E-state index in [0.29, 0.717) is 19.4 Å². The number of alkyl halides is 3. The molecular weight excluding hydrogens is 357 g/mol. The summed E-state index contributed by atoms with van der Waals surface area (Å²) in [5.41, 5.74) is -1.69. The molecule has 8 heteroatoms. The van der Waals surface area contributed by atoms with Gasteiger partial charge in [0.2, 0.25) is 0 Å². The van der Waals surface area contributed by atoms with E-state index < -0.39 is 17.5 Å². The minimum Gasteiger partial charge on any atom is -0.334 e. The summed E-state index contributed by atoms with van der Waals surface area (Å²) in [5.74, 6) is -0.447. The van der Waals surface area contributed by atoms with Crippen LogP contribution in [0.2, 0.25) is 0 Å². The average Bonchev–Trinajstić information content (AvgIpc) is 3.11. The SMILES string of the molecule is CCC(CN(C)CCCN(C)C)NC(=O)N1C[C@@H]2CCC[C@]2(C(F)(F)F)C1. The highest BCUT2D eigenvalue weighted by molar-refractivity contribution is 5.75. The van der Waals surface area contributed by atoms with Gasteiger partial charge in [0.25, 0.3) is 0 Å². The quantitative estimate of drug-likeness (QED) is 0.690. The number of nitrogens with zero attached hydrogens (tertiary/aromatic N) is 3. The van der Waals surface area contributed by atoms with Crippen molar-refractivity contribution < 1.29 is 18.0 Å².